The molecule has 304 valence electrons. The van der Waals surface area contributed by atoms with Gasteiger partial charge in [-0.25, -0.2) is 9.48 Å². The lowest BCUT2D eigenvalue weighted by Gasteiger charge is -2.43. The highest BCUT2D eigenvalue weighted by Gasteiger charge is 2.46. The van der Waals surface area contributed by atoms with E-state index in [0.29, 0.717) is 29.0 Å². The lowest BCUT2D eigenvalue weighted by Crippen LogP contribution is -2.50. The number of nitrogens with one attached hydrogen (secondary N) is 2. The van der Waals surface area contributed by atoms with Gasteiger partial charge >= 0.3 is 6.03 Å². The summed E-state index contributed by atoms with van der Waals surface area (Å²) in [6.07, 6.45) is 5.49. The molecule has 0 unspecified atom stereocenters. The first-order chi connectivity index (χ1) is 27.1. The van der Waals surface area contributed by atoms with Gasteiger partial charge in [-0.2, -0.15) is 5.10 Å². The van der Waals surface area contributed by atoms with Gasteiger partial charge in [0.15, 0.2) is 14.0 Å². The van der Waals surface area contributed by atoms with E-state index < -0.39 is 8.32 Å². The van der Waals surface area contributed by atoms with E-state index in [2.05, 4.69) is 119 Å². The molecule has 12 heteroatoms. The molecule has 57 heavy (non-hydrogen) atoms. The highest BCUT2D eigenvalue weighted by Crippen LogP contribution is 2.43. The number of benzene rings is 2. The molecule has 7 rings (SSSR count). The second-order valence-corrected chi connectivity index (χ2v) is 23.5. The Morgan fingerprint density at radius 1 is 0.895 bits per heavy atom. The smallest absolute Gasteiger partial charge is 0.320 e. The van der Waals surface area contributed by atoms with Crippen LogP contribution in [0.25, 0.3) is 11.3 Å². The lowest BCUT2D eigenvalue weighted by molar-refractivity contribution is 0.171. The van der Waals surface area contributed by atoms with E-state index in [1.807, 2.05) is 53.3 Å². The van der Waals surface area contributed by atoms with E-state index in [1.54, 1.807) is 0 Å². The number of aryl methyl sites for hydroxylation is 1. The standard InChI is InChI=1S/C45H62N8O3Si/c1-29(2)57(30(3)4,31(5)6)55-28-34-14-13-25-51(34)44-49-48-41-24-21-35(27-52(41)44)56-39-23-22-38(36-15-11-12-16-37(36)39)46-43(54)47-42-26-40(45(8,9)10)50-53(42)33-19-17-32(7)18-20-33/h11-12,15-21,24,26-27,29-31,34,38-39H,13-14,22-23,25,28H2,1-10H3,(H2,46,47,54)/t34-,38+,39-/m1/s1. The second kappa shape index (κ2) is 16.3. The quantitative estimate of drug-likeness (QED) is 0.121. The summed E-state index contributed by atoms with van der Waals surface area (Å²) in [5, 5.41) is 20.5. The van der Waals surface area contributed by atoms with Crippen molar-refractivity contribution in [3.05, 3.63) is 95.3 Å². The maximum atomic E-state index is 13.7. The van der Waals surface area contributed by atoms with Crippen LogP contribution < -0.4 is 20.3 Å². The first-order valence-electron chi connectivity index (χ1n) is 20.9. The Balaban J connectivity index is 1.06. The van der Waals surface area contributed by atoms with Crippen LogP contribution in [0.2, 0.25) is 16.6 Å². The van der Waals surface area contributed by atoms with Crippen LogP contribution in [0, 0.1) is 6.92 Å². The fourth-order valence-corrected chi connectivity index (χ4v) is 14.8. The number of hydrogen-bond acceptors (Lipinski definition) is 7. The maximum absolute atomic E-state index is 13.7. The van der Waals surface area contributed by atoms with Gasteiger partial charge in [-0.1, -0.05) is 104 Å². The van der Waals surface area contributed by atoms with E-state index in [9.17, 15) is 4.79 Å². The molecule has 0 saturated carbocycles. The third-order valence-corrected chi connectivity index (χ3v) is 18.3. The SMILES string of the molecule is Cc1ccc(-n2nc(C(C)(C)C)cc2NC(=O)N[C@H]2CC[C@@H](Oc3ccc4nnc(N5CCC[C@@H]5CO[Si](C(C)C)(C(C)C)C(C)C)n4c3)c3ccccc32)cc1. The van der Waals surface area contributed by atoms with Crippen molar-refractivity contribution in [2.24, 2.45) is 0 Å². The minimum Gasteiger partial charge on any atom is -0.484 e. The number of hydrogen-bond donors (Lipinski definition) is 2. The first-order valence-corrected chi connectivity index (χ1v) is 23.1. The third-order valence-electron chi connectivity index (χ3n) is 12.2. The summed E-state index contributed by atoms with van der Waals surface area (Å²) in [6, 6.07) is 22.2. The van der Waals surface area contributed by atoms with Crippen LogP contribution in [0.4, 0.5) is 16.6 Å². The van der Waals surface area contributed by atoms with Gasteiger partial charge in [0, 0.05) is 18.0 Å². The molecule has 3 atom stereocenters. The Morgan fingerprint density at radius 2 is 1.60 bits per heavy atom. The molecule has 3 aromatic heterocycles. The zero-order chi connectivity index (χ0) is 40.6. The molecule has 1 saturated heterocycles. The highest BCUT2D eigenvalue weighted by molar-refractivity contribution is 6.77. The van der Waals surface area contributed by atoms with Crippen LogP contribution >= 0.6 is 0 Å². The van der Waals surface area contributed by atoms with Gasteiger partial charge in [-0.3, -0.25) is 9.72 Å². The van der Waals surface area contributed by atoms with Crippen LogP contribution in [-0.4, -0.2) is 57.9 Å². The minimum absolute atomic E-state index is 0.175. The number of fused-ring (bicyclic) bond motifs is 2. The normalized spacial score (nSPS) is 18.8. The summed E-state index contributed by atoms with van der Waals surface area (Å²) in [4.78, 5) is 16.1. The van der Waals surface area contributed by atoms with Crippen molar-refractivity contribution < 1.29 is 14.0 Å². The predicted molar refractivity (Wildman–Crippen MR) is 231 cm³/mol. The maximum Gasteiger partial charge on any atom is 0.320 e. The van der Waals surface area contributed by atoms with Crippen molar-refractivity contribution in [3.8, 4) is 11.4 Å². The molecule has 11 nitrogen and oxygen atoms in total. The number of anilines is 2. The summed E-state index contributed by atoms with van der Waals surface area (Å²) in [7, 11) is -2.00. The lowest BCUT2D eigenvalue weighted by atomic mass is 9.85. The molecule has 2 N–H and O–H groups in total. The molecule has 1 aliphatic carbocycles. The van der Waals surface area contributed by atoms with Crippen molar-refractivity contribution >= 4 is 31.8 Å². The van der Waals surface area contributed by atoms with Crippen molar-refractivity contribution in [1.82, 2.24) is 29.7 Å². The number of nitrogens with zero attached hydrogens (tertiary/aromatic N) is 6. The number of aromatic nitrogens is 5. The van der Waals surface area contributed by atoms with Crippen molar-refractivity contribution in [2.45, 2.75) is 135 Å². The Hall–Kier alpha value is -4.68. The third kappa shape index (κ3) is 8.21. The molecular weight excluding hydrogens is 729 g/mol. The Labute approximate surface area is 339 Å². The molecule has 1 aliphatic heterocycles. The molecule has 2 aliphatic rings. The summed E-state index contributed by atoms with van der Waals surface area (Å²) in [5.41, 5.74) is 7.30. The molecule has 0 spiro atoms. The molecule has 5 aromatic rings. The van der Waals surface area contributed by atoms with Crippen LogP contribution in [0.15, 0.2) is 72.9 Å². The Kier molecular flexibility index (Phi) is 11.6. The first kappa shape index (κ1) is 40.5. The number of carbonyl (C=O) groups is 1. The summed E-state index contributed by atoms with van der Waals surface area (Å²) >= 11 is 0. The zero-order valence-electron chi connectivity index (χ0n) is 35.5. The molecule has 0 bridgehead atoms. The van der Waals surface area contributed by atoms with Gasteiger partial charge in [-0.05, 0) is 84.6 Å². The average molecular weight is 791 g/mol. The molecule has 4 heterocycles. The predicted octanol–water partition coefficient (Wildman–Crippen LogP) is 10.5. The number of pyridine rings is 1. The highest BCUT2D eigenvalue weighted by atomic mass is 28.4. The zero-order valence-corrected chi connectivity index (χ0v) is 36.5. The average Bonchev–Trinajstić information content (AvgIpc) is 3.91. The van der Waals surface area contributed by atoms with Crippen molar-refractivity contribution in [3.63, 3.8) is 0 Å². The van der Waals surface area contributed by atoms with E-state index in [-0.39, 0.29) is 29.6 Å². The second-order valence-electron chi connectivity index (χ2n) is 18.1. The van der Waals surface area contributed by atoms with E-state index in [4.69, 9.17) is 19.4 Å². The Bertz CT molecular complexity index is 2150. The molecule has 1 fully saturated rings. The van der Waals surface area contributed by atoms with Crippen LogP contribution in [0.1, 0.15) is 123 Å². The largest absolute Gasteiger partial charge is 0.484 e. The van der Waals surface area contributed by atoms with Gasteiger partial charge in [-0.15, -0.1) is 10.2 Å². The van der Waals surface area contributed by atoms with E-state index in [0.717, 1.165) is 77.6 Å². The van der Waals surface area contributed by atoms with Gasteiger partial charge in [0.05, 0.1) is 36.3 Å². The number of ether oxygens (including phenoxy) is 1. The fourth-order valence-electron chi connectivity index (χ4n) is 9.35. The van der Waals surface area contributed by atoms with Gasteiger partial charge in [0.2, 0.25) is 5.95 Å². The minimum atomic E-state index is -2.00. The van der Waals surface area contributed by atoms with Crippen molar-refractivity contribution in [1.29, 1.82) is 0 Å². The summed E-state index contributed by atoms with van der Waals surface area (Å²) in [5.74, 6) is 2.22. The van der Waals surface area contributed by atoms with E-state index >= 15 is 0 Å². The van der Waals surface area contributed by atoms with Crippen LogP contribution in [0.3, 0.4) is 0 Å². The van der Waals surface area contributed by atoms with Gasteiger partial charge in [0.1, 0.15) is 17.7 Å². The number of carbonyl (C=O) groups excluding carboxylic acids is 1. The van der Waals surface area contributed by atoms with Gasteiger partial charge in [0.25, 0.3) is 0 Å². The monoisotopic (exact) mass is 790 g/mol. The summed E-state index contributed by atoms with van der Waals surface area (Å²) < 4.78 is 17.7. The number of rotatable bonds is 12. The topological polar surface area (TPSA) is 111 Å². The summed E-state index contributed by atoms with van der Waals surface area (Å²) in [6.45, 7) is 24.1. The number of amides is 2. The Morgan fingerprint density at radius 3 is 2.28 bits per heavy atom. The molecule has 0 radical (unpaired) electrons. The van der Waals surface area contributed by atoms with Crippen LogP contribution in [0.5, 0.6) is 5.75 Å². The molecule has 2 aromatic carbocycles. The van der Waals surface area contributed by atoms with Crippen molar-refractivity contribution in [2.75, 3.05) is 23.4 Å². The number of urea groups is 1. The fraction of sp³-hybridized carbons (Fsp3) is 0.511. The molecular formula is C45H62N8O3Si. The van der Waals surface area contributed by atoms with Crippen LogP contribution in [-0.2, 0) is 9.84 Å². The van der Waals surface area contributed by atoms with E-state index in [1.165, 1.54) is 0 Å². The molecule has 2 amide bonds. The van der Waals surface area contributed by atoms with Gasteiger partial charge < -0.3 is 19.4 Å².